The van der Waals surface area contributed by atoms with Gasteiger partial charge in [0.1, 0.15) is 11.2 Å². The maximum atomic E-state index is 6.55. The minimum Gasteiger partial charge on any atom is -0.455 e. The molecule has 3 heterocycles. The van der Waals surface area contributed by atoms with Crippen LogP contribution in [0.25, 0.3) is 99.2 Å². The standard InChI is InChI=1S/C48H30N2O/c1-3-13-31(14-4-1)41-29-35(30-42-40-19-9-12-22-47(40)51-48(41)42)50-44-21-11-8-18-37(44)39-26-24-33(28-46(39)50)32-23-25-38-36-17-7-10-20-43(36)49(45(38)27-32)34-15-5-2-6-16-34/h1-30H. The van der Waals surface area contributed by atoms with Crippen LogP contribution in [-0.4, -0.2) is 9.13 Å². The summed E-state index contributed by atoms with van der Waals surface area (Å²) in [4.78, 5) is 0. The molecular weight excluding hydrogens is 621 g/mol. The molecule has 0 amide bonds. The highest BCUT2D eigenvalue weighted by Crippen LogP contribution is 2.42. The summed E-state index contributed by atoms with van der Waals surface area (Å²) in [6.45, 7) is 0. The number of nitrogens with zero attached hydrogens (tertiary/aromatic N) is 2. The zero-order chi connectivity index (χ0) is 33.5. The number of rotatable bonds is 4. The molecule has 238 valence electrons. The maximum absolute atomic E-state index is 6.55. The van der Waals surface area contributed by atoms with Gasteiger partial charge in [-0.1, -0.05) is 127 Å². The molecule has 8 aromatic carbocycles. The number of hydrogen-bond acceptors (Lipinski definition) is 1. The Balaban J connectivity index is 1.18. The Labute approximate surface area is 293 Å². The lowest BCUT2D eigenvalue weighted by Gasteiger charge is -2.13. The third kappa shape index (κ3) is 4.19. The van der Waals surface area contributed by atoms with Gasteiger partial charge in [-0.2, -0.15) is 0 Å². The van der Waals surface area contributed by atoms with Crippen LogP contribution in [0, 0.1) is 0 Å². The predicted octanol–water partition coefficient (Wildman–Crippen LogP) is 13.1. The highest BCUT2D eigenvalue weighted by Gasteiger charge is 2.19. The van der Waals surface area contributed by atoms with Crippen LogP contribution in [0.2, 0.25) is 0 Å². The molecule has 3 heteroatoms. The quantitative estimate of drug-likeness (QED) is 0.186. The van der Waals surface area contributed by atoms with E-state index in [4.69, 9.17) is 4.42 Å². The molecule has 3 aromatic heterocycles. The van der Waals surface area contributed by atoms with Crippen molar-refractivity contribution >= 4 is 65.6 Å². The van der Waals surface area contributed by atoms with E-state index in [1.165, 1.54) is 54.7 Å². The molecule has 0 aliphatic heterocycles. The van der Waals surface area contributed by atoms with Crippen molar-refractivity contribution in [3.05, 3.63) is 182 Å². The van der Waals surface area contributed by atoms with Crippen molar-refractivity contribution in [3.63, 3.8) is 0 Å². The van der Waals surface area contributed by atoms with Gasteiger partial charge in [0.2, 0.25) is 0 Å². The molecule has 0 aliphatic rings. The first-order chi connectivity index (χ1) is 25.3. The van der Waals surface area contributed by atoms with E-state index in [-0.39, 0.29) is 0 Å². The molecule has 0 radical (unpaired) electrons. The van der Waals surface area contributed by atoms with Crippen molar-refractivity contribution in [1.29, 1.82) is 0 Å². The van der Waals surface area contributed by atoms with E-state index >= 15 is 0 Å². The van der Waals surface area contributed by atoms with Gasteiger partial charge in [-0.15, -0.1) is 0 Å². The smallest absolute Gasteiger partial charge is 0.143 e. The largest absolute Gasteiger partial charge is 0.455 e. The van der Waals surface area contributed by atoms with Crippen LogP contribution in [-0.2, 0) is 0 Å². The number of aromatic nitrogens is 2. The first kappa shape index (κ1) is 28.0. The van der Waals surface area contributed by atoms with Crippen LogP contribution < -0.4 is 0 Å². The summed E-state index contributed by atoms with van der Waals surface area (Å²) < 4.78 is 11.4. The molecule has 0 N–H and O–H groups in total. The molecule has 0 bridgehead atoms. The Morgan fingerprint density at radius 3 is 1.47 bits per heavy atom. The molecule has 11 aromatic rings. The van der Waals surface area contributed by atoms with Crippen LogP contribution in [0.1, 0.15) is 0 Å². The van der Waals surface area contributed by atoms with Gasteiger partial charge in [0.05, 0.1) is 22.1 Å². The Morgan fingerprint density at radius 2 is 0.824 bits per heavy atom. The van der Waals surface area contributed by atoms with E-state index in [1.54, 1.807) is 0 Å². The summed E-state index contributed by atoms with van der Waals surface area (Å²) >= 11 is 0. The van der Waals surface area contributed by atoms with Crippen molar-refractivity contribution in [1.82, 2.24) is 9.13 Å². The number of fused-ring (bicyclic) bond motifs is 9. The van der Waals surface area contributed by atoms with Crippen LogP contribution in [0.15, 0.2) is 186 Å². The molecule has 0 atom stereocenters. The monoisotopic (exact) mass is 650 g/mol. The average molecular weight is 651 g/mol. The topological polar surface area (TPSA) is 23.0 Å². The summed E-state index contributed by atoms with van der Waals surface area (Å²) in [5, 5.41) is 7.21. The minimum atomic E-state index is 0.898. The molecule has 0 saturated heterocycles. The first-order valence-corrected chi connectivity index (χ1v) is 17.4. The zero-order valence-corrected chi connectivity index (χ0v) is 27.6. The predicted molar refractivity (Wildman–Crippen MR) is 213 cm³/mol. The molecule has 11 rings (SSSR count). The third-order valence-corrected chi connectivity index (χ3v) is 10.5. The molecule has 0 unspecified atom stereocenters. The fourth-order valence-corrected chi connectivity index (χ4v) is 8.21. The zero-order valence-electron chi connectivity index (χ0n) is 27.6. The molecule has 0 saturated carbocycles. The second kappa shape index (κ2) is 10.8. The Hall–Kier alpha value is -6.84. The lowest BCUT2D eigenvalue weighted by Crippen LogP contribution is -1.95. The van der Waals surface area contributed by atoms with Gasteiger partial charge in [-0.3, -0.25) is 0 Å². The van der Waals surface area contributed by atoms with Crippen LogP contribution >= 0.6 is 0 Å². The van der Waals surface area contributed by atoms with Crippen LogP contribution in [0.4, 0.5) is 0 Å². The van der Waals surface area contributed by atoms with Gasteiger partial charge in [0.15, 0.2) is 0 Å². The summed E-state index contributed by atoms with van der Waals surface area (Å²) in [5.74, 6) is 0. The molecule has 0 aliphatic carbocycles. The third-order valence-electron chi connectivity index (χ3n) is 10.5. The lowest BCUT2D eigenvalue weighted by atomic mass is 10.0. The van der Waals surface area contributed by atoms with E-state index in [2.05, 4.69) is 185 Å². The van der Waals surface area contributed by atoms with Crippen molar-refractivity contribution in [2.24, 2.45) is 0 Å². The van der Waals surface area contributed by atoms with Gasteiger partial charge in [0, 0.05) is 49.3 Å². The molecule has 3 nitrogen and oxygen atoms in total. The highest BCUT2D eigenvalue weighted by molar-refractivity contribution is 6.14. The second-order valence-corrected chi connectivity index (χ2v) is 13.3. The van der Waals surface area contributed by atoms with Gasteiger partial charge >= 0.3 is 0 Å². The van der Waals surface area contributed by atoms with E-state index in [0.29, 0.717) is 0 Å². The summed E-state index contributed by atoms with van der Waals surface area (Å²) in [6.07, 6.45) is 0. The van der Waals surface area contributed by atoms with Crippen LogP contribution in [0.5, 0.6) is 0 Å². The second-order valence-electron chi connectivity index (χ2n) is 13.3. The fraction of sp³-hybridized carbons (Fsp3) is 0. The van der Waals surface area contributed by atoms with Gasteiger partial charge < -0.3 is 13.6 Å². The van der Waals surface area contributed by atoms with Crippen molar-refractivity contribution in [3.8, 4) is 33.6 Å². The van der Waals surface area contributed by atoms with Crippen molar-refractivity contribution < 1.29 is 4.42 Å². The van der Waals surface area contributed by atoms with Crippen molar-refractivity contribution in [2.75, 3.05) is 0 Å². The Bertz CT molecular complexity index is 3130. The van der Waals surface area contributed by atoms with Gasteiger partial charge in [-0.05, 0) is 71.3 Å². The van der Waals surface area contributed by atoms with E-state index in [0.717, 1.165) is 44.4 Å². The van der Waals surface area contributed by atoms with Gasteiger partial charge in [-0.25, -0.2) is 0 Å². The first-order valence-electron chi connectivity index (χ1n) is 17.4. The number of furan rings is 1. The molecule has 51 heavy (non-hydrogen) atoms. The van der Waals surface area contributed by atoms with E-state index < -0.39 is 0 Å². The lowest BCUT2D eigenvalue weighted by molar-refractivity contribution is 0.670. The Morgan fingerprint density at radius 1 is 0.314 bits per heavy atom. The normalized spacial score (nSPS) is 11.9. The highest BCUT2D eigenvalue weighted by atomic mass is 16.3. The van der Waals surface area contributed by atoms with E-state index in [9.17, 15) is 0 Å². The summed E-state index contributed by atoms with van der Waals surface area (Å²) in [7, 11) is 0. The number of hydrogen-bond donors (Lipinski definition) is 0. The summed E-state index contributed by atoms with van der Waals surface area (Å²) in [5.41, 5.74) is 13.4. The number of benzene rings is 8. The fourth-order valence-electron chi connectivity index (χ4n) is 8.21. The van der Waals surface area contributed by atoms with Crippen LogP contribution in [0.3, 0.4) is 0 Å². The maximum Gasteiger partial charge on any atom is 0.143 e. The molecular formula is C48H30N2O. The molecule has 0 fully saturated rings. The molecule has 0 spiro atoms. The SMILES string of the molecule is c1ccc(-c2cc(-n3c4ccccc4c4ccc(-c5ccc6c7ccccc7n(-c7ccccc7)c6c5)cc43)cc3c2oc2ccccc23)cc1. The Kier molecular flexibility index (Phi) is 5.96. The van der Waals surface area contributed by atoms with E-state index in [1.807, 2.05) is 6.07 Å². The number of para-hydroxylation sites is 4. The summed E-state index contributed by atoms with van der Waals surface area (Å²) in [6, 6.07) is 65.5. The minimum absolute atomic E-state index is 0.898. The average Bonchev–Trinajstić information content (AvgIpc) is 3.85. The van der Waals surface area contributed by atoms with Gasteiger partial charge in [0.25, 0.3) is 0 Å². The van der Waals surface area contributed by atoms with Crippen molar-refractivity contribution in [2.45, 2.75) is 0 Å².